The molecule has 0 saturated heterocycles. The zero-order valence-corrected chi connectivity index (χ0v) is 15.4. The van der Waals surface area contributed by atoms with Crippen molar-refractivity contribution >= 4 is 16.7 Å². The van der Waals surface area contributed by atoms with E-state index in [-0.39, 0.29) is 27.9 Å². The van der Waals surface area contributed by atoms with Gasteiger partial charge in [0, 0.05) is 5.69 Å². The molecule has 0 fully saturated rings. The summed E-state index contributed by atoms with van der Waals surface area (Å²) in [6.07, 6.45) is 0. The van der Waals surface area contributed by atoms with Crippen molar-refractivity contribution in [2.45, 2.75) is 13.8 Å². The molecule has 4 rings (SSSR count). The van der Waals surface area contributed by atoms with Crippen LogP contribution in [0.3, 0.4) is 0 Å². The lowest BCUT2D eigenvalue weighted by molar-refractivity contribution is 0.318. The van der Waals surface area contributed by atoms with Crippen LogP contribution in [-0.2, 0) is 0 Å². The molecule has 0 radical (unpaired) electrons. The van der Waals surface area contributed by atoms with Gasteiger partial charge in [0.25, 0.3) is 0 Å². The van der Waals surface area contributed by atoms with Crippen LogP contribution in [0.4, 0.5) is 8.78 Å². The highest BCUT2D eigenvalue weighted by molar-refractivity contribution is 6.15. The molecule has 29 heavy (non-hydrogen) atoms. The average Bonchev–Trinajstić information content (AvgIpc) is 3.22. The van der Waals surface area contributed by atoms with Crippen molar-refractivity contribution in [2.75, 3.05) is 0 Å². The van der Waals surface area contributed by atoms with Gasteiger partial charge >= 0.3 is 0 Å². The second-order valence-corrected chi connectivity index (χ2v) is 6.51. The molecule has 0 spiro atoms. The van der Waals surface area contributed by atoms with Crippen LogP contribution in [0, 0.1) is 25.5 Å². The molecule has 0 unspecified atom stereocenters. The summed E-state index contributed by atoms with van der Waals surface area (Å²) < 4.78 is 36.6. The lowest BCUT2D eigenvalue weighted by Crippen LogP contribution is -2.15. The fourth-order valence-electron chi connectivity index (χ4n) is 3.56. The minimum absolute atomic E-state index is 0.00183. The highest BCUT2D eigenvalue weighted by Gasteiger charge is 2.30. The lowest BCUT2D eigenvalue weighted by atomic mass is 10.0. The predicted molar refractivity (Wildman–Crippen MR) is 102 cm³/mol. The van der Waals surface area contributed by atoms with Crippen LogP contribution in [-0.4, -0.2) is 25.9 Å². The van der Waals surface area contributed by atoms with Gasteiger partial charge in [-0.05, 0) is 50.2 Å². The Bertz CT molecular complexity index is 1250. The Hall–Kier alpha value is -3.88. The minimum Gasteiger partial charge on any atom is -0.508 e. The first-order chi connectivity index (χ1) is 13.8. The van der Waals surface area contributed by atoms with E-state index in [0.717, 1.165) is 12.1 Å². The lowest BCUT2D eigenvalue weighted by Gasteiger charge is -2.12. The summed E-state index contributed by atoms with van der Waals surface area (Å²) >= 11 is 0. The number of oxime groups is 1. The van der Waals surface area contributed by atoms with E-state index in [2.05, 4.69) is 10.3 Å². The van der Waals surface area contributed by atoms with E-state index in [9.17, 15) is 19.1 Å². The van der Waals surface area contributed by atoms with E-state index in [1.165, 1.54) is 28.8 Å². The monoisotopic (exact) mass is 398 g/mol. The number of aromatic nitrogens is 2. The summed E-state index contributed by atoms with van der Waals surface area (Å²) in [5.74, 6) is -1.45. The zero-order valence-electron chi connectivity index (χ0n) is 15.4. The Morgan fingerprint density at radius 2 is 1.76 bits per heavy atom. The van der Waals surface area contributed by atoms with E-state index in [1.807, 2.05) is 0 Å². The van der Waals surface area contributed by atoms with E-state index < -0.39 is 17.5 Å². The smallest absolute Gasteiger partial charge is 0.173 e. The minimum atomic E-state index is -0.742. The largest absolute Gasteiger partial charge is 0.508 e. The number of fused-ring (bicyclic) bond motifs is 1. The quantitative estimate of drug-likeness (QED) is 0.209. The van der Waals surface area contributed by atoms with Gasteiger partial charge in [0.05, 0.1) is 33.4 Å². The van der Waals surface area contributed by atoms with Crippen molar-refractivity contribution in [3.05, 3.63) is 65.1 Å². The van der Waals surface area contributed by atoms with E-state index in [1.54, 1.807) is 13.8 Å². The van der Waals surface area contributed by atoms with Crippen molar-refractivity contribution < 1.29 is 23.6 Å². The molecule has 9 heteroatoms. The Morgan fingerprint density at radius 1 is 1.10 bits per heavy atom. The number of phenolic OH excluding ortho intramolecular Hbond substituents is 1. The molecule has 2 heterocycles. The van der Waals surface area contributed by atoms with Gasteiger partial charge in [-0.15, -0.1) is 0 Å². The van der Waals surface area contributed by atoms with Gasteiger partial charge in [-0.2, -0.15) is 0 Å². The highest BCUT2D eigenvalue weighted by atomic mass is 19.1. The number of nitrogens with zero attached hydrogens (tertiary/aromatic N) is 3. The maximum absolute atomic E-state index is 15.0. The molecule has 0 aliphatic heterocycles. The van der Waals surface area contributed by atoms with Crippen molar-refractivity contribution in [2.24, 2.45) is 10.9 Å². The summed E-state index contributed by atoms with van der Waals surface area (Å²) in [6.45, 7) is 3.32. The van der Waals surface area contributed by atoms with E-state index in [4.69, 9.17) is 10.3 Å². The molecule has 0 bridgehead atoms. The van der Waals surface area contributed by atoms with Gasteiger partial charge in [0.15, 0.2) is 5.84 Å². The Labute approximate surface area is 163 Å². The third-order valence-corrected chi connectivity index (χ3v) is 4.75. The van der Waals surface area contributed by atoms with Crippen LogP contribution in [0.1, 0.15) is 17.0 Å². The Kier molecular flexibility index (Phi) is 4.22. The molecule has 4 N–H and O–H groups in total. The first-order valence-corrected chi connectivity index (χ1v) is 8.58. The summed E-state index contributed by atoms with van der Waals surface area (Å²) in [5.41, 5.74) is 7.39. The summed E-state index contributed by atoms with van der Waals surface area (Å²) in [6, 6.07) is 7.89. The second-order valence-electron chi connectivity index (χ2n) is 6.51. The van der Waals surface area contributed by atoms with E-state index >= 15 is 0 Å². The number of hydrogen-bond donors (Lipinski definition) is 3. The molecule has 7 nitrogen and oxygen atoms in total. The van der Waals surface area contributed by atoms with Gasteiger partial charge in [-0.25, -0.2) is 8.78 Å². The van der Waals surface area contributed by atoms with Gasteiger partial charge in [0.2, 0.25) is 0 Å². The van der Waals surface area contributed by atoms with Crippen LogP contribution in [0.25, 0.3) is 27.8 Å². The second kappa shape index (κ2) is 6.62. The maximum Gasteiger partial charge on any atom is 0.173 e. The van der Waals surface area contributed by atoms with Gasteiger partial charge in [-0.3, -0.25) is 0 Å². The van der Waals surface area contributed by atoms with Crippen LogP contribution < -0.4 is 5.73 Å². The van der Waals surface area contributed by atoms with Crippen LogP contribution >= 0.6 is 0 Å². The SMILES string of the molecule is Cc1noc(C)c1-c1c(/C(N)=N/O)c2c(F)ccc(F)c2n1-c1ccc(O)cc1. The molecule has 148 valence electrons. The molecule has 0 atom stereocenters. The number of hydrogen-bond acceptors (Lipinski definition) is 5. The maximum atomic E-state index is 15.0. The average molecular weight is 398 g/mol. The number of phenols is 1. The van der Waals surface area contributed by atoms with Crippen molar-refractivity contribution in [1.29, 1.82) is 0 Å². The molecule has 0 aliphatic rings. The molecule has 0 saturated carbocycles. The number of halogens is 2. The predicted octanol–water partition coefficient (Wildman–Crippen LogP) is 3.98. The van der Waals surface area contributed by atoms with Crippen LogP contribution in [0.5, 0.6) is 5.75 Å². The molecule has 0 amide bonds. The molecule has 0 aliphatic carbocycles. The third kappa shape index (κ3) is 2.70. The molecular weight excluding hydrogens is 382 g/mol. The number of benzene rings is 2. The zero-order chi connectivity index (χ0) is 20.9. The van der Waals surface area contributed by atoms with Gasteiger partial charge in [-0.1, -0.05) is 10.3 Å². The first-order valence-electron chi connectivity index (χ1n) is 8.58. The van der Waals surface area contributed by atoms with Gasteiger partial charge in [0.1, 0.15) is 23.1 Å². The third-order valence-electron chi connectivity index (χ3n) is 4.75. The summed E-state index contributed by atoms with van der Waals surface area (Å²) in [7, 11) is 0. The van der Waals surface area contributed by atoms with E-state index in [0.29, 0.717) is 22.7 Å². The van der Waals surface area contributed by atoms with Crippen LogP contribution in [0.2, 0.25) is 0 Å². The molecule has 2 aromatic carbocycles. The number of aryl methyl sites for hydroxylation is 2. The number of rotatable bonds is 3. The molecule has 2 aromatic heterocycles. The Morgan fingerprint density at radius 3 is 2.34 bits per heavy atom. The highest BCUT2D eigenvalue weighted by Crippen LogP contribution is 2.41. The molecular formula is C20H16F2N4O3. The normalized spacial score (nSPS) is 12.1. The van der Waals surface area contributed by atoms with Crippen molar-refractivity contribution in [3.63, 3.8) is 0 Å². The number of amidine groups is 1. The van der Waals surface area contributed by atoms with Crippen molar-refractivity contribution in [3.8, 4) is 22.7 Å². The molecule has 4 aromatic rings. The number of aromatic hydroxyl groups is 1. The Balaban J connectivity index is 2.31. The standard InChI is InChI=1S/C20H16F2N4O3/c1-9-15(10(2)29-25-9)19-17(20(23)24-28)16-13(21)7-8-14(22)18(16)26(19)11-3-5-12(27)6-4-11/h3-8,27-28H,1-2H3,(H2,23,24). The van der Waals surface area contributed by atoms with Gasteiger partial charge < -0.3 is 25.1 Å². The fourth-order valence-corrected chi connectivity index (χ4v) is 3.56. The first kappa shape index (κ1) is 18.5. The number of nitrogens with two attached hydrogens (primary N) is 1. The summed E-state index contributed by atoms with van der Waals surface area (Å²) in [4.78, 5) is 0. The van der Waals surface area contributed by atoms with Crippen LogP contribution in [0.15, 0.2) is 46.1 Å². The topological polar surface area (TPSA) is 110 Å². The fraction of sp³-hybridized carbons (Fsp3) is 0.100. The van der Waals surface area contributed by atoms with Crippen molar-refractivity contribution in [1.82, 2.24) is 9.72 Å². The summed E-state index contributed by atoms with van der Waals surface area (Å²) in [5, 5.41) is 25.8.